The first-order chi connectivity index (χ1) is 10.5. The number of aromatic amines is 1. The molecule has 112 valence electrons. The zero-order chi connectivity index (χ0) is 16.1. The lowest BCUT2D eigenvalue weighted by Gasteiger charge is -2.13. The third-order valence-corrected chi connectivity index (χ3v) is 3.13. The van der Waals surface area contributed by atoms with Crippen molar-refractivity contribution in [3.8, 4) is 17.5 Å². The van der Waals surface area contributed by atoms with Crippen LogP contribution in [0, 0.1) is 11.3 Å². The van der Waals surface area contributed by atoms with Crippen LogP contribution in [0.1, 0.15) is 37.6 Å². The molecule has 1 atom stereocenters. The number of aromatic nitrogens is 3. The van der Waals surface area contributed by atoms with Crippen LogP contribution in [-0.4, -0.2) is 21.1 Å². The number of H-pyrrole nitrogens is 1. The Morgan fingerprint density at radius 3 is 2.55 bits per heavy atom. The summed E-state index contributed by atoms with van der Waals surface area (Å²) in [5, 5.41) is 19.4. The van der Waals surface area contributed by atoms with Crippen LogP contribution in [0.5, 0.6) is 0 Å². The van der Waals surface area contributed by atoms with Crippen LogP contribution in [-0.2, 0) is 4.79 Å². The summed E-state index contributed by atoms with van der Waals surface area (Å²) >= 11 is 0. The van der Waals surface area contributed by atoms with E-state index in [4.69, 9.17) is 5.26 Å². The molecule has 1 heterocycles. The first kappa shape index (κ1) is 15.4. The van der Waals surface area contributed by atoms with Gasteiger partial charge in [0.25, 0.3) is 5.56 Å². The van der Waals surface area contributed by atoms with Gasteiger partial charge in [-0.25, -0.2) is 0 Å². The van der Waals surface area contributed by atoms with Gasteiger partial charge in [0, 0.05) is 12.5 Å². The van der Waals surface area contributed by atoms with E-state index in [2.05, 4.69) is 20.5 Å². The summed E-state index contributed by atoms with van der Waals surface area (Å²) in [6.07, 6.45) is 0.535. The van der Waals surface area contributed by atoms with Gasteiger partial charge in [-0.2, -0.15) is 5.26 Å². The molecule has 1 aromatic carbocycles. The first-order valence-electron chi connectivity index (χ1n) is 6.79. The van der Waals surface area contributed by atoms with E-state index in [0.29, 0.717) is 23.4 Å². The van der Waals surface area contributed by atoms with Crippen molar-refractivity contribution >= 4 is 5.91 Å². The van der Waals surface area contributed by atoms with Gasteiger partial charge in [0.2, 0.25) is 5.91 Å². The lowest BCUT2D eigenvalue weighted by Crippen LogP contribution is -2.32. The summed E-state index contributed by atoms with van der Waals surface area (Å²) in [6.45, 7) is 3.23. The standard InChI is InChI=1S/C15H15N5O2/c1-3-12(17-9(2)21)13-15(22)18-14(20-19-13)11-6-4-10(8-16)5-7-11/h4-7,12H,3H2,1-2H3,(H,17,21)(H,18,20,22). The number of nitriles is 1. The van der Waals surface area contributed by atoms with Gasteiger partial charge < -0.3 is 10.3 Å². The smallest absolute Gasteiger partial charge is 0.275 e. The lowest BCUT2D eigenvalue weighted by molar-refractivity contribution is -0.119. The highest BCUT2D eigenvalue weighted by Crippen LogP contribution is 2.15. The van der Waals surface area contributed by atoms with Crippen molar-refractivity contribution < 1.29 is 4.79 Å². The third-order valence-electron chi connectivity index (χ3n) is 3.13. The summed E-state index contributed by atoms with van der Waals surface area (Å²) in [7, 11) is 0. The Balaban J connectivity index is 2.34. The van der Waals surface area contributed by atoms with Crippen molar-refractivity contribution in [3.05, 3.63) is 45.9 Å². The highest BCUT2D eigenvalue weighted by molar-refractivity contribution is 5.73. The van der Waals surface area contributed by atoms with E-state index in [1.165, 1.54) is 6.92 Å². The van der Waals surface area contributed by atoms with Gasteiger partial charge >= 0.3 is 0 Å². The zero-order valence-corrected chi connectivity index (χ0v) is 12.3. The summed E-state index contributed by atoms with van der Waals surface area (Å²) in [4.78, 5) is 26.0. The van der Waals surface area contributed by atoms with Gasteiger partial charge in [0.15, 0.2) is 11.5 Å². The van der Waals surface area contributed by atoms with Crippen molar-refractivity contribution in [2.45, 2.75) is 26.3 Å². The first-order valence-corrected chi connectivity index (χ1v) is 6.79. The maximum atomic E-state index is 12.2. The van der Waals surface area contributed by atoms with Gasteiger partial charge in [0.05, 0.1) is 17.7 Å². The number of rotatable bonds is 4. The minimum atomic E-state index is -0.469. The minimum Gasteiger partial charge on any atom is -0.348 e. The van der Waals surface area contributed by atoms with E-state index < -0.39 is 11.6 Å². The van der Waals surface area contributed by atoms with Crippen LogP contribution in [0.15, 0.2) is 29.1 Å². The lowest BCUT2D eigenvalue weighted by atomic mass is 10.1. The maximum Gasteiger partial charge on any atom is 0.275 e. The van der Waals surface area contributed by atoms with Gasteiger partial charge in [-0.15, -0.1) is 10.2 Å². The summed E-state index contributed by atoms with van der Waals surface area (Å²) in [6, 6.07) is 8.19. The van der Waals surface area contributed by atoms with Crippen LogP contribution in [0.2, 0.25) is 0 Å². The molecule has 1 unspecified atom stereocenters. The SMILES string of the molecule is CCC(NC(C)=O)c1nnc(-c2ccc(C#N)cc2)[nH]c1=O. The number of nitrogens with zero attached hydrogens (tertiary/aromatic N) is 3. The van der Waals surface area contributed by atoms with E-state index in [1.54, 1.807) is 24.3 Å². The van der Waals surface area contributed by atoms with Gasteiger partial charge in [-0.3, -0.25) is 9.59 Å². The number of amides is 1. The Labute approximate surface area is 127 Å². The fourth-order valence-corrected chi connectivity index (χ4v) is 2.02. The van der Waals surface area contributed by atoms with Crippen molar-refractivity contribution in [3.63, 3.8) is 0 Å². The monoisotopic (exact) mass is 297 g/mol. The van der Waals surface area contributed by atoms with Gasteiger partial charge in [-0.1, -0.05) is 6.92 Å². The average Bonchev–Trinajstić information content (AvgIpc) is 2.52. The average molecular weight is 297 g/mol. The van der Waals surface area contributed by atoms with Crippen molar-refractivity contribution in [2.24, 2.45) is 0 Å². The molecule has 7 heteroatoms. The Bertz CT molecular complexity index is 774. The van der Waals surface area contributed by atoms with Crippen LogP contribution >= 0.6 is 0 Å². The molecule has 0 radical (unpaired) electrons. The predicted molar refractivity (Wildman–Crippen MR) is 79.7 cm³/mol. The number of nitrogens with one attached hydrogen (secondary N) is 2. The quantitative estimate of drug-likeness (QED) is 0.883. The normalized spacial score (nSPS) is 11.5. The molecule has 0 bridgehead atoms. The van der Waals surface area contributed by atoms with Crippen LogP contribution < -0.4 is 10.9 Å². The Morgan fingerprint density at radius 2 is 2.05 bits per heavy atom. The highest BCUT2D eigenvalue weighted by atomic mass is 16.1. The molecule has 22 heavy (non-hydrogen) atoms. The molecule has 2 aromatic rings. The summed E-state index contributed by atoms with van der Waals surface area (Å²) in [5.41, 5.74) is 0.958. The number of hydrogen-bond acceptors (Lipinski definition) is 5. The zero-order valence-electron chi connectivity index (χ0n) is 12.3. The molecule has 7 nitrogen and oxygen atoms in total. The van der Waals surface area contributed by atoms with Crippen LogP contribution in [0.4, 0.5) is 0 Å². The van der Waals surface area contributed by atoms with Crippen LogP contribution in [0.25, 0.3) is 11.4 Å². The topological polar surface area (TPSA) is 112 Å². The second-order valence-corrected chi connectivity index (χ2v) is 4.74. The van der Waals surface area contributed by atoms with Crippen LogP contribution in [0.3, 0.4) is 0 Å². The molecule has 0 spiro atoms. The van der Waals surface area contributed by atoms with Gasteiger partial charge in [0.1, 0.15) is 0 Å². The molecule has 2 rings (SSSR count). The predicted octanol–water partition coefficient (Wildman–Crippen LogP) is 1.29. The van der Waals surface area contributed by atoms with E-state index >= 15 is 0 Å². The molecule has 0 aliphatic heterocycles. The molecule has 0 saturated carbocycles. The number of hydrogen-bond donors (Lipinski definition) is 2. The molecule has 1 amide bonds. The molecule has 0 aliphatic rings. The number of benzene rings is 1. The van der Waals surface area contributed by atoms with E-state index in [1.807, 2.05) is 13.0 Å². The number of carbonyl (C=O) groups is 1. The molecule has 1 aromatic heterocycles. The molecule has 2 N–H and O–H groups in total. The Hall–Kier alpha value is -3.01. The van der Waals surface area contributed by atoms with Crippen molar-refractivity contribution in [2.75, 3.05) is 0 Å². The third kappa shape index (κ3) is 3.35. The molecular weight excluding hydrogens is 282 g/mol. The molecular formula is C15H15N5O2. The fourth-order valence-electron chi connectivity index (χ4n) is 2.02. The van der Waals surface area contributed by atoms with Crippen molar-refractivity contribution in [1.82, 2.24) is 20.5 Å². The maximum absolute atomic E-state index is 12.2. The van der Waals surface area contributed by atoms with E-state index in [-0.39, 0.29) is 11.6 Å². The highest BCUT2D eigenvalue weighted by Gasteiger charge is 2.17. The Morgan fingerprint density at radius 1 is 1.36 bits per heavy atom. The second kappa shape index (κ2) is 6.63. The molecule has 0 saturated heterocycles. The molecule has 0 aliphatic carbocycles. The summed E-state index contributed by atoms with van der Waals surface area (Å²) < 4.78 is 0. The van der Waals surface area contributed by atoms with Gasteiger partial charge in [-0.05, 0) is 30.7 Å². The second-order valence-electron chi connectivity index (χ2n) is 4.74. The van der Waals surface area contributed by atoms with E-state index in [9.17, 15) is 9.59 Å². The molecule has 0 fully saturated rings. The summed E-state index contributed by atoms with van der Waals surface area (Å²) in [5.74, 6) is 0.0835. The Kier molecular flexibility index (Phi) is 4.63. The fraction of sp³-hybridized carbons (Fsp3) is 0.267. The largest absolute Gasteiger partial charge is 0.348 e. The minimum absolute atomic E-state index is 0.176. The van der Waals surface area contributed by atoms with E-state index in [0.717, 1.165) is 0 Å². The van der Waals surface area contributed by atoms with Crippen molar-refractivity contribution in [1.29, 1.82) is 5.26 Å². The number of carbonyl (C=O) groups excluding carboxylic acids is 1.